The number of aromatic nitrogens is 4. The molecule has 2 heterocycles. The minimum Gasteiger partial charge on any atom is -0.383 e. The van der Waals surface area contributed by atoms with Crippen LogP contribution in [-0.4, -0.2) is 19.7 Å². The molecule has 1 fully saturated rings. The second-order valence-corrected chi connectivity index (χ2v) is 5.33. The molecule has 2 aromatic heterocycles. The SMILES string of the molecule is CC(C)c1cc(=O)[nH]c(-n2nc(C3CC3)cc2N)n1. The van der Waals surface area contributed by atoms with E-state index in [0.29, 0.717) is 17.7 Å². The van der Waals surface area contributed by atoms with Gasteiger partial charge in [-0.15, -0.1) is 0 Å². The molecule has 6 nitrogen and oxygen atoms in total. The van der Waals surface area contributed by atoms with E-state index in [4.69, 9.17) is 5.73 Å². The van der Waals surface area contributed by atoms with Gasteiger partial charge in [0.15, 0.2) is 0 Å². The van der Waals surface area contributed by atoms with Gasteiger partial charge >= 0.3 is 0 Å². The van der Waals surface area contributed by atoms with Crippen molar-refractivity contribution in [2.45, 2.75) is 38.5 Å². The molecule has 100 valence electrons. The van der Waals surface area contributed by atoms with Crippen molar-refractivity contribution in [3.63, 3.8) is 0 Å². The van der Waals surface area contributed by atoms with Crippen LogP contribution < -0.4 is 11.3 Å². The average molecular weight is 259 g/mol. The van der Waals surface area contributed by atoms with Gasteiger partial charge in [0.2, 0.25) is 5.95 Å². The van der Waals surface area contributed by atoms with Crippen LogP contribution in [0.15, 0.2) is 16.9 Å². The molecule has 3 rings (SSSR count). The van der Waals surface area contributed by atoms with E-state index >= 15 is 0 Å². The van der Waals surface area contributed by atoms with Crippen molar-refractivity contribution in [2.75, 3.05) is 5.73 Å². The molecule has 0 atom stereocenters. The molecular weight excluding hydrogens is 242 g/mol. The topological polar surface area (TPSA) is 89.6 Å². The van der Waals surface area contributed by atoms with Crippen LogP contribution in [0.3, 0.4) is 0 Å². The Labute approximate surface area is 110 Å². The summed E-state index contributed by atoms with van der Waals surface area (Å²) in [4.78, 5) is 18.8. The highest BCUT2D eigenvalue weighted by Gasteiger charge is 2.27. The van der Waals surface area contributed by atoms with Gasteiger partial charge in [0.1, 0.15) is 5.82 Å². The molecule has 1 saturated carbocycles. The minimum absolute atomic E-state index is 0.181. The third kappa shape index (κ3) is 2.25. The Bertz CT molecular complexity index is 666. The summed E-state index contributed by atoms with van der Waals surface area (Å²) in [5.41, 5.74) is 7.49. The molecule has 2 aromatic rings. The van der Waals surface area contributed by atoms with Gasteiger partial charge in [-0.25, -0.2) is 4.98 Å². The van der Waals surface area contributed by atoms with Crippen molar-refractivity contribution >= 4 is 5.82 Å². The summed E-state index contributed by atoms with van der Waals surface area (Å²) >= 11 is 0. The van der Waals surface area contributed by atoms with E-state index in [-0.39, 0.29) is 11.5 Å². The molecule has 0 aliphatic heterocycles. The lowest BCUT2D eigenvalue weighted by Gasteiger charge is -2.07. The number of hydrogen-bond acceptors (Lipinski definition) is 4. The largest absolute Gasteiger partial charge is 0.383 e. The third-order valence-electron chi connectivity index (χ3n) is 3.29. The van der Waals surface area contributed by atoms with Gasteiger partial charge in [-0.2, -0.15) is 9.78 Å². The highest BCUT2D eigenvalue weighted by atomic mass is 16.1. The molecule has 0 spiro atoms. The van der Waals surface area contributed by atoms with Crippen molar-refractivity contribution in [3.8, 4) is 5.95 Å². The van der Waals surface area contributed by atoms with E-state index in [1.165, 1.54) is 10.7 Å². The van der Waals surface area contributed by atoms with Gasteiger partial charge in [0, 0.05) is 18.1 Å². The molecule has 0 unspecified atom stereocenters. The average Bonchev–Trinajstić information content (AvgIpc) is 3.12. The fraction of sp³-hybridized carbons (Fsp3) is 0.462. The lowest BCUT2D eigenvalue weighted by Crippen LogP contribution is -2.16. The summed E-state index contributed by atoms with van der Waals surface area (Å²) in [7, 11) is 0. The van der Waals surface area contributed by atoms with Crippen molar-refractivity contribution in [1.82, 2.24) is 19.7 Å². The predicted molar refractivity (Wildman–Crippen MR) is 72.5 cm³/mol. The normalized spacial score (nSPS) is 15.1. The summed E-state index contributed by atoms with van der Waals surface area (Å²) < 4.78 is 1.51. The van der Waals surface area contributed by atoms with Gasteiger partial charge < -0.3 is 5.73 Å². The van der Waals surface area contributed by atoms with Crippen LogP contribution in [0, 0.1) is 0 Å². The molecule has 0 radical (unpaired) electrons. The molecule has 6 heteroatoms. The van der Waals surface area contributed by atoms with Gasteiger partial charge in [0.25, 0.3) is 5.56 Å². The smallest absolute Gasteiger partial charge is 0.252 e. The Morgan fingerprint density at radius 3 is 2.79 bits per heavy atom. The van der Waals surface area contributed by atoms with Crippen LogP contribution in [0.25, 0.3) is 5.95 Å². The first kappa shape index (κ1) is 12.0. The number of anilines is 1. The van der Waals surface area contributed by atoms with Crippen molar-refractivity contribution in [3.05, 3.63) is 33.9 Å². The van der Waals surface area contributed by atoms with Gasteiger partial charge in [-0.1, -0.05) is 13.8 Å². The number of hydrogen-bond donors (Lipinski definition) is 2. The zero-order valence-electron chi connectivity index (χ0n) is 11.1. The maximum absolute atomic E-state index is 11.7. The first-order chi connectivity index (χ1) is 9.04. The molecule has 19 heavy (non-hydrogen) atoms. The Kier molecular flexibility index (Phi) is 2.66. The van der Waals surface area contributed by atoms with E-state index < -0.39 is 0 Å². The molecule has 3 N–H and O–H groups in total. The summed E-state index contributed by atoms with van der Waals surface area (Å²) in [6.45, 7) is 3.99. The Morgan fingerprint density at radius 2 is 2.16 bits per heavy atom. The fourth-order valence-corrected chi connectivity index (χ4v) is 2.02. The Morgan fingerprint density at radius 1 is 1.42 bits per heavy atom. The molecule has 1 aliphatic rings. The van der Waals surface area contributed by atoms with Crippen LogP contribution >= 0.6 is 0 Å². The lowest BCUT2D eigenvalue weighted by atomic mass is 10.1. The van der Waals surface area contributed by atoms with Crippen LogP contribution in [0.5, 0.6) is 0 Å². The molecule has 0 aromatic carbocycles. The van der Waals surface area contributed by atoms with Crippen molar-refractivity contribution in [2.24, 2.45) is 0 Å². The van der Waals surface area contributed by atoms with Gasteiger partial charge in [0.05, 0.1) is 11.4 Å². The van der Waals surface area contributed by atoms with Crippen LogP contribution in [0.2, 0.25) is 0 Å². The predicted octanol–water partition coefficient (Wildman–Crippen LogP) is 1.54. The Hall–Kier alpha value is -2.11. The maximum atomic E-state index is 11.7. The number of rotatable bonds is 3. The highest BCUT2D eigenvalue weighted by Crippen LogP contribution is 2.39. The Balaban J connectivity index is 2.08. The van der Waals surface area contributed by atoms with E-state index in [9.17, 15) is 4.79 Å². The van der Waals surface area contributed by atoms with Crippen LogP contribution in [-0.2, 0) is 0 Å². The number of nitrogens with one attached hydrogen (secondary N) is 1. The summed E-state index contributed by atoms with van der Waals surface area (Å²) in [5.74, 6) is 1.59. The lowest BCUT2D eigenvalue weighted by molar-refractivity contribution is 0.744. The maximum Gasteiger partial charge on any atom is 0.252 e. The van der Waals surface area contributed by atoms with Crippen molar-refractivity contribution < 1.29 is 0 Å². The van der Waals surface area contributed by atoms with E-state index in [1.807, 2.05) is 19.9 Å². The number of nitrogen functional groups attached to an aromatic ring is 1. The standard InChI is InChI=1S/C13H17N5O/c1-7(2)9-6-12(19)16-13(15-9)18-11(14)5-10(17-18)8-3-4-8/h5-8H,3-4,14H2,1-2H3,(H,15,16,19). The number of H-pyrrole nitrogens is 1. The second kappa shape index (κ2) is 4.22. The summed E-state index contributed by atoms with van der Waals surface area (Å²) in [6.07, 6.45) is 2.32. The monoisotopic (exact) mass is 259 g/mol. The van der Waals surface area contributed by atoms with E-state index in [2.05, 4.69) is 15.1 Å². The molecular formula is C13H17N5O. The van der Waals surface area contributed by atoms with Gasteiger partial charge in [-0.05, 0) is 18.8 Å². The van der Waals surface area contributed by atoms with Crippen LogP contribution in [0.4, 0.5) is 5.82 Å². The van der Waals surface area contributed by atoms with Crippen molar-refractivity contribution in [1.29, 1.82) is 0 Å². The first-order valence-electron chi connectivity index (χ1n) is 6.51. The number of nitrogens with zero attached hydrogens (tertiary/aromatic N) is 3. The molecule has 1 aliphatic carbocycles. The third-order valence-corrected chi connectivity index (χ3v) is 3.29. The zero-order chi connectivity index (χ0) is 13.6. The van der Waals surface area contributed by atoms with E-state index in [1.54, 1.807) is 0 Å². The van der Waals surface area contributed by atoms with E-state index in [0.717, 1.165) is 24.2 Å². The fourth-order valence-electron chi connectivity index (χ4n) is 2.02. The molecule has 0 saturated heterocycles. The molecule has 0 amide bonds. The second-order valence-electron chi connectivity index (χ2n) is 5.33. The number of nitrogens with two attached hydrogens (primary N) is 1. The summed E-state index contributed by atoms with van der Waals surface area (Å²) in [6, 6.07) is 3.37. The first-order valence-corrected chi connectivity index (χ1v) is 6.51. The molecule has 0 bridgehead atoms. The minimum atomic E-state index is -0.184. The van der Waals surface area contributed by atoms with Gasteiger partial charge in [-0.3, -0.25) is 9.78 Å². The highest BCUT2D eigenvalue weighted by molar-refractivity contribution is 5.39. The zero-order valence-corrected chi connectivity index (χ0v) is 11.1. The number of aromatic amines is 1. The summed E-state index contributed by atoms with van der Waals surface area (Å²) in [5, 5.41) is 4.44. The quantitative estimate of drug-likeness (QED) is 0.874. The van der Waals surface area contributed by atoms with Crippen LogP contribution in [0.1, 0.15) is 49.9 Å².